The van der Waals surface area contributed by atoms with Crippen molar-refractivity contribution >= 4 is 17.8 Å². The molecule has 23 heavy (non-hydrogen) atoms. The Labute approximate surface area is 135 Å². The van der Waals surface area contributed by atoms with Gasteiger partial charge in [0.05, 0.1) is 13.0 Å². The molecule has 0 bridgehead atoms. The van der Waals surface area contributed by atoms with Gasteiger partial charge in [0, 0.05) is 40.1 Å². The average molecular weight is 321 g/mol. The minimum atomic E-state index is -0.722. The van der Waals surface area contributed by atoms with Gasteiger partial charge in [-0.25, -0.2) is 9.78 Å². The molecule has 126 valence electrons. The molecule has 0 aliphatic carbocycles. The number of nitrogens with zero attached hydrogens (tertiary/aromatic N) is 5. The summed E-state index contributed by atoms with van der Waals surface area (Å²) in [5, 5.41) is 0. The van der Waals surface area contributed by atoms with E-state index in [0.717, 1.165) is 17.1 Å². The minimum Gasteiger partial charge on any atom is -0.337 e. The summed E-state index contributed by atoms with van der Waals surface area (Å²) in [4.78, 5) is 44.8. The lowest BCUT2D eigenvalue weighted by atomic mass is 10.1. The van der Waals surface area contributed by atoms with Crippen molar-refractivity contribution < 1.29 is 14.4 Å². The number of urea groups is 1. The van der Waals surface area contributed by atoms with Gasteiger partial charge in [-0.05, 0) is 6.42 Å². The number of rotatable bonds is 6. The first-order chi connectivity index (χ1) is 10.9. The normalized spacial score (nSPS) is 18.0. The smallest absolute Gasteiger partial charge is 0.326 e. The van der Waals surface area contributed by atoms with E-state index in [1.165, 1.54) is 11.9 Å². The van der Waals surface area contributed by atoms with Crippen LogP contribution in [0.4, 0.5) is 4.79 Å². The van der Waals surface area contributed by atoms with Crippen LogP contribution in [0.25, 0.3) is 0 Å². The fourth-order valence-electron chi connectivity index (χ4n) is 2.65. The molecule has 1 saturated heterocycles. The molecule has 1 aromatic heterocycles. The molecule has 1 aromatic rings. The van der Waals surface area contributed by atoms with E-state index in [4.69, 9.17) is 0 Å². The van der Waals surface area contributed by atoms with Gasteiger partial charge in [0.2, 0.25) is 5.91 Å². The number of aromatic nitrogens is 2. The summed E-state index contributed by atoms with van der Waals surface area (Å²) in [6, 6.07) is -1.10. The van der Waals surface area contributed by atoms with Crippen molar-refractivity contribution in [2.75, 3.05) is 20.6 Å². The molecular weight excluding hydrogens is 298 g/mol. The number of carbonyl (C=O) groups excluding carboxylic acids is 3. The van der Waals surface area contributed by atoms with E-state index in [9.17, 15) is 14.4 Å². The summed E-state index contributed by atoms with van der Waals surface area (Å²) in [7, 11) is 4.85. The summed E-state index contributed by atoms with van der Waals surface area (Å²) in [5.74, 6) is 0.300. The van der Waals surface area contributed by atoms with Gasteiger partial charge < -0.3 is 14.4 Å². The quantitative estimate of drug-likeness (QED) is 0.712. The maximum Gasteiger partial charge on any atom is 0.326 e. The molecule has 0 saturated carbocycles. The second kappa shape index (κ2) is 6.80. The van der Waals surface area contributed by atoms with Crippen molar-refractivity contribution in [2.24, 2.45) is 7.05 Å². The first kappa shape index (κ1) is 17.0. The molecule has 2 rings (SSSR count). The molecule has 0 radical (unpaired) electrons. The number of hydrogen-bond donors (Lipinski definition) is 0. The minimum absolute atomic E-state index is 0.00413. The number of likely N-dealkylation sites (N-methyl/N-ethyl adjacent to an activating group) is 2. The zero-order chi connectivity index (χ0) is 17.1. The Hall–Kier alpha value is -2.38. The lowest BCUT2D eigenvalue weighted by Gasteiger charge is -2.24. The highest BCUT2D eigenvalue weighted by Crippen LogP contribution is 2.18. The molecule has 1 aliphatic heterocycles. The highest BCUT2D eigenvalue weighted by atomic mass is 16.2. The summed E-state index contributed by atoms with van der Waals surface area (Å²) in [6.07, 6.45) is 4.32. The topological polar surface area (TPSA) is 78.8 Å². The molecule has 8 nitrogen and oxygen atoms in total. The molecule has 0 aromatic carbocycles. The van der Waals surface area contributed by atoms with Gasteiger partial charge in [-0.2, -0.15) is 0 Å². The van der Waals surface area contributed by atoms with E-state index in [1.54, 1.807) is 18.1 Å². The van der Waals surface area contributed by atoms with E-state index in [1.807, 2.05) is 24.7 Å². The molecule has 0 unspecified atom stereocenters. The van der Waals surface area contributed by atoms with Crippen molar-refractivity contribution in [3.63, 3.8) is 0 Å². The lowest BCUT2D eigenvalue weighted by Crippen LogP contribution is -2.40. The van der Waals surface area contributed by atoms with Gasteiger partial charge in [-0.1, -0.05) is 6.92 Å². The molecule has 8 heteroatoms. The standard InChI is InChI=1S/C15H23N5O3/c1-5-7-20(10-12-16-6-8-17(12)2)13(21)9-11-14(22)19(4)15(23)18(11)3/h6,8,11H,5,7,9-10H2,1-4H3/t11-/m1/s1. The molecule has 0 spiro atoms. The van der Waals surface area contributed by atoms with Crippen LogP contribution < -0.4 is 0 Å². The predicted octanol–water partition coefficient (Wildman–Crippen LogP) is 0.441. The zero-order valence-electron chi connectivity index (χ0n) is 14.0. The third-order valence-corrected chi connectivity index (χ3v) is 4.14. The first-order valence-electron chi connectivity index (χ1n) is 7.65. The van der Waals surface area contributed by atoms with Crippen LogP contribution >= 0.6 is 0 Å². The van der Waals surface area contributed by atoms with E-state index >= 15 is 0 Å². The Morgan fingerprint density at radius 2 is 2.00 bits per heavy atom. The maximum atomic E-state index is 12.6. The summed E-state index contributed by atoms with van der Waals surface area (Å²) in [6.45, 7) is 2.97. The third-order valence-electron chi connectivity index (χ3n) is 4.14. The van der Waals surface area contributed by atoms with E-state index in [0.29, 0.717) is 13.1 Å². The van der Waals surface area contributed by atoms with Crippen molar-refractivity contribution in [2.45, 2.75) is 32.4 Å². The summed E-state index contributed by atoms with van der Waals surface area (Å²) in [5.41, 5.74) is 0. The van der Waals surface area contributed by atoms with Crippen LogP contribution in [0.3, 0.4) is 0 Å². The van der Waals surface area contributed by atoms with Gasteiger partial charge in [0.15, 0.2) is 0 Å². The molecular formula is C15H23N5O3. The molecule has 1 aliphatic rings. The highest BCUT2D eigenvalue weighted by molar-refractivity contribution is 6.05. The average Bonchev–Trinajstić information content (AvgIpc) is 3.00. The van der Waals surface area contributed by atoms with Crippen molar-refractivity contribution in [1.82, 2.24) is 24.3 Å². The summed E-state index contributed by atoms with van der Waals surface area (Å²) >= 11 is 0. The van der Waals surface area contributed by atoms with Crippen molar-refractivity contribution in [1.29, 1.82) is 0 Å². The fraction of sp³-hybridized carbons (Fsp3) is 0.600. The lowest BCUT2D eigenvalue weighted by molar-refractivity contribution is -0.137. The zero-order valence-corrected chi connectivity index (χ0v) is 14.0. The van der Waals surface area contributed by atoms with Crippen LogP contribution in [0.2, 0.25) is 0 Å². The maximum absolute atomic E-state index is 12.6. The van der Waals surface area contributed by atoms with Gasteiger partial charge in [-0.3, -0.25) is 14.5 Å². The van der Waals surface area contributed by atoms with E-state index in [-0.39, 0.29) is 24.3 Å². The van der Waals surface area contributed by atoms with Crippen molar-refractivity contribution in [3.8, 4) is 0 Å². The van der Waals surface area contributed by atoms with Gasteiger partial charge in [0.25, 0.3) is 5.91 Å². The summed E-state index contributed by atoms with van der Waals surface area (Å²) < 4.78 is 1.86. The Morgan fingerprint density at radius 3 is 2.48 bits per heavy atom. The molecule has 0 N–H and O–H groups in total. The van der Waals surface area contributed by atoms with Crippen molar-refractivity contribution in [3.05, 3.63) is 18.2 Å². The first-order valence-corrected chi connectivity index (χ1v) is 7.65. The number of aryl methyl sites for hydroxylation is 1. The Morgan fingerprint density at radius 1 is 1.30 bits per heavy atom. The predicted molar refractivity (Wildman–Crippen MR) is 83.3 cm³/mol. The Bertz CT molecular complexity index is 612. The van der Waals surface area contributed by atoms with E-state index < -0.39 is 6.04 Å². The Balaban J connectivity index is 2.08. The molecule has 2 heterocycles. The molecule has 4 amide bonds. The van der Waals surface area contributed by atoms with Crippen LogP contribution in [0, 0.1) is 0 Å². The number of amides is 4. The van der Waals surface area contributed by atoms with E-state index in [2.05, 4.69) is 4.98 Å². The van der Waals surface area contributed by atoms with Crippen LogP contribution in [-0.4, -0.2) is 68.8 Å². The fourth-order valence-corrected chi connectivity index (χ4v) is 2.65. The van der Waals surface area contributed by atoms with Crippen LogP contribution in [0.15, 0.2) is 12.4 Å². The number of carbonyl (C=O) groups is 3. The highest BCUT2D eigenvalue weighted by Gasteiger charge is 2.42. The van der Waals surface area contributed by atoms with Crippen LogP contribution in [0.5, 0.6) is 0 Å². The monoisotopic (exact) mass is 321 g/mol. The second-order valence-electron chi connectivity index (χ2n) is 5.78. The SMILES string of the molecule is CCCN(Cc1nccn1C)C(=O)C[C@@H]1C(=O)N(C)C(=O)N1C. The van der Waals surface area contributed by atoms with Gasteiger partial charge in [-0.15, -0.1) is 0 Å². The molecule has 1 fully saturated rings. The second-order valence-corrected chi connectivity index (χ2v) is 5.78. The molecule has 1 atom stereocenters. The number of hydrogen-bond acceptors (Lipinski definition) is 4. The van der Waals surface area contributed by atoms with Crippen LogP contribution in [0.1, 0.15) is 25.6 Å². The largest absolute Gasteiger partial charge is 0.337 e. The van der Waals surface area contributed by atoms with Gasteiger partial charge >= 0.3 is 6.03 Å². The number of imide groups is 1. The third kappa shape index (κ3) is 3.35. The van der Waals surface area contributed by atoms with Gasteiger partial charge in [0.1, 0.15) is 11.9 Å². The van der Waals surface area contributed by atoms with Crippen LogP contribution in [-0.2, 0) is 23.2 Å². The number of imidazole rings is 1. The Kier molecular flexibility index (Phi) is 5.02.